The summed E-state index contributed by atoms with van der Waals surface area (Å²) in [4.78, 5) is 12.4. The van der Waals surface area contributed by atoms with Crippen LogP contribution in [0.3, 0.4) is 0 Å². The molecule has 29 heavy (non-hydrogen) atoms. The Morgan fingerprint density at radius 3 is 2.72 bits per heavy atom. The predicted molar refractivity (Wildman–Crippen MR) is 122 cm³/mol. The van der Waals surface area contributed by atoms with E-state index in [1.807, 2.05) is 12.1 Å². The van der Waals surface area contributed by atoms with Gasteiger partial charge in [-0.3, -0.25) is 4.79 Å². The minimum Gasteiger partial charge on any atom is -0.493 e. The molecule has 0 aliphatic carbocycles. The van der Waals surface area contributed by atoms with Gasteiger partial charge in [0.25, 0.3) is 0 Å². The molecule has 148 valence electrons. The molecule has 1 aromatic heterocycles. The average Bonchev–Trinajstić information content (AvgIpc) is 3.12. The average molecular weight is 585 g/mol. The number of fused-ring (bicyclic) bond motifs is 1. The lowest BCUT2D eigenvalue weighted by molar-refractivity contribution is 0.0929. The molecule has 0 saturated heterocycles. The highest BCUT2D eigenvalue weighted by Crippen LogP contribution is 2.33. The van der Waals surface area contributed by atoms with Gasteiger partial charge in [-0.25, -0.2) is 5.43 Å². The highest BCUT2D eigenvalue weighted by Gasteiger charge is 2.14. The molecule has 6 nitrogen and oxygen atoms in total. The van der Waals surface area contributed by atoms with E-state index >= 15 is 0 Å². The first-order valence-corrected chi connectivity index (χ1v) is 10.5. The van der Waals surface area contributed by atoms with Crippen LogP contribution < -0.4 is 14.9 Å². The van der Waals surface area contributed by atoms with E-state index in [1.165, 1.54) is 13.3 Å². The fourth-order valence-corrected chi connectivity index (χ4v) is 4.21. The number of nitrogens with zero attached hydrogens (tertiary/aromatic N) is 1. The molecule has 0 bridgehead atoms. The molecule has 0 aliphatic heterocycles. The van der Waals surface area contributed by atoms with Crippen LogP contribution in [0.4, 0.5) is 0 Å². The van der Waals surface area contributed by atoms with Gasteiger partial charge in [0, 0.05) is 19.9 Å². The van der Waals surface area contributed by atoms with E-state index in [0.717, 1.165) is 14.3 Å². The van der Waals surface area contributed by atoms with Crippen molar-refractivity contribution >= 4 is 70.9 Å². The molecule has 3 aromatic rings. The molecular weight excluding hydrogens is 572 g/mol. The van der Waals surface area contributed by atoms with Crippen LogP contribution in [-0.2, 0) is 0 Å². The maximum absolute atomic E-state index is 12.4. The molecule has 0 fully saturated rings. The Morgan fingerprint density at radius 2 is 2.00 bits per heavy atom. The van der Waals surface area contributed by atoms with Crippen LogP contribution in [0.25, 0.3) is 11.0 Å². The number of hydrogen-bond donors (Lipinski definition) is 1. The molecule has 1 heterocycles. The van der Waals surface area contributed by atoms with Gasteiger partial charge in [0.2, 0.25) is 0 Å². The Balaban J connectivity index is 1.76. The standard InChI is InChI=1S/C20H13Br3N2O4/c1-3-4-28-17-9-14(22)12(7-16(17)27-2)10-24-25-20(26)18-6-11-5-13(21)8-15(23)19(11)29-18/h1,5-10H,4H2,2H3,(H,25,26)/b24-10-. The molecule has 9 heteroatoms. The molecule has 0 saturated carbocycles. The second kappa shape index (κ2) is 9.48. The largest absolute Gasteiger partial charge is 0.493 e. The van der Waals surface area contributed by atoms with Crippen molar-refractivity contribution in [3.05, 3.63) is 55.1 Å². The third kappa shape index (κ3) is 5.01. The van der Waals surface area contributed by atoms with Crippen LogP contribution in [0.5, 0.6) is 11.5 Å². The number of terminal acetylenes is 1. The van der Waals surface area contributed by atoms with E-state index in [-0.39, 0.29) is 12.4 Å². The molecular formula is C20H13Br3N2O4. The number of methoxy groups -OCH3 is 1. The summed E-state index contributed by atoms with van der Waals surface area (Å²) >= 11 is 10.3. The zero-order valence-electron chi connectivity index (χ0n) is 15.0. The highest BCUT2D eigenvalue weighted by atomic mass is 79.9. The third-order valence-electron chi connectivity index (χ3n) is 3.72. The van der Waals surface area contributed by atoms with Crippen molar-refractivity contribution in [1.82, 2.24) is 5.43 Å². The van der Waals surface area contributed by atoms with Crippen LogP contribution in [0.2, 0.25) is 0 Å². The zero-order chi connectivity index (χ0) is 21.0. The smallest absolute Gasteiger partial charge is 0.307 e. The number of hydrogen-bond acceptors (Lipinski definition) is 5. The number of ether oxygens (including phenoxy) is 2. The minimum atomic E-state index is -0.475. The van der Waals surface area contributed by atoms with Gasteiger partial charge in [-0.15, -0.1) is 6.42 Å². The fourth-order valence-electron chi connectivity index (χ4n) is 2.44. The lowest BCUT2D eigenvalue weighted by atomic mass is 10.2. The first-order valence-electron chi connectivity index (χ1n) is 8.08. The highest BCUT2D eigenvalue weighted by molar-refractivity contribution is 9.11. The van der Waals surface area contributed by atoms with Crippen molar-refractivity contribution in [3.8, 4) is 23.8 Å². The summed E-state index contributed by atoms with van der Waals surface area (Å²) in [5, 5.41) is 4.78. The van der Waals surface area contributed by atoms with Gasteiger partial charge in [-0.2, -0.15) is 5.10 Å². The van der Waals surface area contributed by atoms with E-state index in [1.54, 1.807) is 18.2 Å². The molecule has 2 aromatic carbocycles. The Labute approximate surface area is 192 Å². The van der Waals surface area contributed by atoms with E-state index < -0.39 is 5.91 Å². The summed E-state index contributed by atoms with van der Waals surface area (Å²) in [6.45, 7) is 0.122. The Bertz CT molecular complexity index is 1150. The molecule has 0 radical (unpaired) electrons. The quantitative estimate of drug-likeness (QED) is 0.236. The van der Waals surface area contributed by atoms with Gasteiger partial charge in [-0.1, -0.05) is 21.9 Å². The number of carbonyl (C=O) groups excluding carboxylic acids is 1. The van der Waals surface area contributed by atoms with E-state index in [4.69, 9.17) is 20.3 Å². The first-order chi connectivity index (χ1) is 13.9. The number of amides is 1. The van der Waals surface area contributed by atoms with Crippen LogP contribution in [0, 0.1) is 12.3 Å². The second-order valence-corrected chi connectivity index (χ2v) is 8.26. The van der Waals surface area contributed by atoms with Crippen LogP contribution in [-0.4, -0.2) is 25.8 Å². The topological polar surface area (TPSA) is 73.1 Å². The van der Waals surface area contributed by atoms with E-state index in [9.17, 15) is 4.79 Å². The van der Waals surface area contributed by atoms with Crippen molar-refractivity contribution in [3.63, 3.8) is 0 Å². The lowest BCUT2D eigenvalue weighted by Crippen LogP contribution is -2.16. The summed E-state index contributed by atoms with van der Waals surface area (Å²) in [6, 6.07) is 8.77. The molecule has 1 amide bonds. The number of benzene rings is 2. The van der Waals surface area contributed by atoms with E-state index in [0.29, 0.717) is 27.1 Å². The maximum atomic E-state index is 12.4. The number of rotatable bonds is 6. The van der Waals surface area contributed by atoms with Gasteiger partial charge >= 0.3 is 5.91 Å². The molecule has 3 rings (SSSR count). The van der Waals surface area contributed by atoms with Crippen molar-refractivity contribution in [2.75, 3.05) is 13.7 Å². The monoisotopic (exact) mass is 582 g/mol. The summed E-state index contributed by atoms with van der Waals surface area (Å²) in [5.74, 6) is 3.06. The number of furan rings is 1. The number of hydrazone groups is 1. The first kappa shape index (κ1) is 21.4. The molecule has 0 aliphatic rings. The Kier molecular flexibility index (Phi) is 7.00. The van der Waals surface area contributed by atoms with Gasteiger partial charge < -0.3 is 13.9 Å². The minimum absolute atomic E-state index is 0.122. The molecule has 1 N–H and O–H groups in total. The van der Waals surface area contributed by atoms with Crippen molar-refractivity contribution in [2.24, 2.45) is 5.10 Å². The van der Waals surface area contributed by atoms with Gasteiger partial charge in [-0.05, 0) is 62.2 Å². The molecule has 0 atom stereocenters. The van der Waals surface area contributed by atoms with E-state index in [2.05, 4.69) is 64.2 Å². The van der Waals surface area contributed by atoms with Crippen LogP contribution in [0.1, 0.15) is 16.1 Å². The fraction of sp³-hybridized carbons (Fsp3) is 0.100. The van der Waals surface area contributed by atoms with Gasteiger partial charge in [0.05, 0.1) is 17.8 Å². The van der Waals surface area contributed by atoms with Crippen LogP contribution in [0.15, 0.2) is 53.3 Å². The van der Waals surface area contributed by atoms with Crippen molar-refractivity contribution < 1.29 is 18.7 Å². The third-order valence-corrected chi connectivity index (χ3v) is 5.46. The van der Waals surface area contributed by atoms with Crippen molar-refractivity contribution in [1.29, 1.82) is 0 Å². The Morgan fingerprint density at radius 1 is 1.21 bits per heavy atom. The zero-order valence-corrected chi connectivity index (χ0v) is 19.7. The maximum Gasteiger partial charge on any atom is 0.307 e. The summed E-state index contributed by atoms with van der Waals surface area (Å²) in [5.41, 5.74) is 3.70. The lowest BCUT2D eigenvalue weighted by Gasteiger charge is -2.10. The number of halogens is 3. The van der Waals surface area contributed by atoms with Gasteiger partial charge in [0.1, 0.15) is 12.2 Å². The SMILES string of the molecule is C#CCOc1cc(Br)c(/C=N\NC(=O)c2cc3cc(Br)cc(Br)c3o2)cc1OC. The summed E-state index contributed by atoms with van der Waals surface area (Å²) in [6.07, 6.45) is 6.69. The van der Waals surface area contributed by atoms with Gasteiger partial charge in [0.15, 0.2) is 17.3 Å². The summed E-state index contributed by atoms with van der Waals surface area (Å²) < 4.78 is 18.7. The normalized spacial score (nSPS) is 10.9. The number of carbonyl (C=O) groups is 1. The van der Waals surface area contributed by atoms with Crippen LogP contribution >= 0.6 is 47.8 Å². The Hall–Kier alpha value is -2.28. The number of nitrogens with one attached hydrogen (secondary N) is 1. The molecule has 0 spiro atoms. The van der Waals surface area contributed by atoms with Crippen molar-refractivity contribution in [2.45, 2.75) is 0 Å². The predicted octanol–water partition coefficient (Wildman–Crippen LogP) is 5.50. The summed E-state index contributed by atoms with van der Waals surface area (Å²) in [7, 11) is 1.52. The molecule has 0 unspecified atom stereocenters. The second-order valence-electron chi connectivity index (χ2n) is 5.63.